The predicted molar refractivity (Wildman–Crippen MR) is 86.3 cm³/mol. The average molecular weight is 338 g/mol. The summed E-state index contributed by atoms with van der Waals surface area (Å²) in [6, 6.07) is 5.72. The molecule has 24 heavy (non-hydrogen) atoms. The van der Waals surface area contributed by atoms with Crippen molar-refractivity contribution < 1.29 is 23.8 Å². The molecule has 1 unspecified atom stereocenters. The lowest BCUT2D eigenvalue weighted by atomic mass is 9.85. The summed E-state index contributed by atoms with van der Waals surface area (Å²) >= 11 is 0. The Morgan fingerprint density at radius 3 is 2.54 bits per heavy atom. The number of benzene rings is 1. The van der Waals surface area contributed by atoms with Gasteiger partial charge in [-0.05, 0) is 50.6 Å². The Bertz CT molecular complexity index is 572. The number of carbonyl (C=O) groups is 2. The Hall–Kier alpha value is -2.15. The molecule has 1 aromatic carbocycles. The van der Waals surface area contributed by atoms with Gasteiger partial charge >= 0.3 is 5.97 Å². The summed E-state index contributed by atoms with van der Waals surface area (Å²) in [5.74, 6) is -0.999. The SMILES string of the molecule is CCN(CC(=O)O)C1CC(NC(=O)C(C)Oc2ccc(F)cc2)C1. The Labute approximate surface area is 140 Å². The number of rotatable bonds is 8. The Kier molecular flexibility index (Phi) is 6.14. The molecule has 0 spiro atoms. The van der Waals surface area contributed by atoms with Gasteiger partial charge in [-0.3, -0.25) is 14.5 Å². The monoisotopic (exact) mass is 338 g/mol. The first-order valence-electron chi connectivity index (χ1n) is 8.07. The van der Waals surface area contributed by atoms with E-state index in [1.165, 1.54) is 24.3 Å². The summed E-state index contributed by atoms with van der Waals surface area (Å²) in [6.45, 7) is 4.25. The molecule has 1 fully saturated rings. The van der Waals surface area contributed by atoms with Crippen LogP contribution in [0.1, 0.15) is 26.7 Å². The lowest BCUT2D eigenvalue weighted by Gasteiger charge is -2.42. The summed E-state index contributed by atoms with van der Waals surface area (Å²) < 4.78 is 18.3. The van der Waals surface area contributed by atoms with Gasteiger partial charge in [0.25, 0.3) is 5.91 Å². The largest absolute Gasteiger partial charge is 0.481 e. The maximum Gasteiger partial charge on any atom is 0.317 e. The van der Waals surface area contributed by atoms with Crippen LogP contribution < -0.4 is 10.1 Å². The van der Waals surface area contributed by atoms with Crippen molar-refractivity contribution in [2.45, 2.75) is 44.9 Å². The summed E-state index contributed by atoms with van der Waals surface area (Å²) in [4.78, 5) is 24.8. The van der Waals surface area contributed by atoms with E-state index in [1.807, 2.05) is 11.8 Å². The zero-order chi connectivity index (χ0) is 17.7. The van der Waals surface area contributed by atoms with Crippen LogP contribution in [0.3, 0.4) is 0 Å². The Morgan fingerprint density at radius 1 is 1.38 bits per heavy atom. The van der Waals surface area contributed by atoms with Gasteiger partial charge in [0.15, 0.2) is 6.10 Å². The van der Waals surface area contributed by atoms with E-state index in [0.717, 1.165) is 12.8 Å². The molecule has 132 valence electrons. The molecule has 0 aromatic heterocycles. The minimum absolute atomic E-state index is 0.0198. The number of carbonyl (C=O) groups excluding carboxylic acids is 1. The topological polar surface area (TPSA) is 78.9 Å². The molecule has 2 rings (SSSR count). The highest BCUT2D eigenvalue weighted by atomic mass is 19.1. The molecule has 1 amide bonds. The molecular weight excluding hydrogens is 315 g/mol. The summed E-state index contributed by atoms with van der Waals surface area (Å²) in [5.41, 5.74) is 0. The number of aliphatic carboxylic acids is 1. The van der Waals surface area contributed by atoms with Crippen molar-refractivity contribution in [1.29, 1.82) is 0 Å². The molecule has 1 aliphatic rings. The maximum absolute atomic E-state index is 12.8. The molecule has 2 N–H and O–H groups in total. The third kappa shape index (κ3) is 4.92. The first kappa shape index (κ1) is 18.2. The van der Waals surface area contributed by atoms with Crippen LogP contribution in [0.5, 0.6) is 5.75 Å². The normalized spacial score (nSPS) is 21.0. The molecule has 1 saturated carbocycles. The van der Waals surface area contributed by atoms with Crippen molar-refractivity contribution in [3.63, 3.8) is 0 Å². The van der Waals surface area contributed by atoms with E-state index in [1.54, 1.807) is 6.92 Å². The standard InChI is InChI=1S/C17H23FN2O4/c1-3-20(10-16(21)22)14-8-13(9-14)19-17(23)11(2)24-15-6-4-12(18)5-7-15/h4-7,11,13-14H,3,8-10H2,1-2H3,(H,19,23)(H,21,22). The molecule has 6 nitrogen and oxygen atoms in total. The number of amides is 1. The van der Waals surface area contributed by atoms with E-state index >= 15 is 0 Å². The lowest BCUT2D eigenvalue weighted by molar-refractivity contribution is -0.140. The molecule has 1 aliphatic carbocycles. The van der Waals surface area contributed by atoms with Crippen molar-refractivity contribution in [1.82, 2.24) is 10.2 Å². The van der Waals surface area contributed by atoms with Crippen molar-refractivity contribution >= 4 is 11.9 Å². The van der Waals surface area contributed by atoms with Gasteiger partial charge in [-0.15, -0.1) is 0 Å². The summed E-state index contributed by atoms with van der Waals surface area (Å²) in [7, 11) is 0. The van der Waals surface area contributed by atoms with E-state index in [2.05, 4.69) is 5.32 Å². The van der Waals surface area contributed by atoms with Crippen LogP contribution in [0, 0.1) is 5.82 Å². The van der Waals surface area contributed by atoms with Gasteiger partial charge in [0, 0.05) is 12.1 Å². The molecule has 0 bridgehead atoms. The number of carboxylic acid groups (broad SMARTS) is 1. The van der Waals surface area contributed by atoms with Crippen LogP contribution in [0.15, 0.2) is 24.3 Å². The van der Waals surface area contributed by atoms with Gasteiger partial charge in [0.1, 0.15) is 11.6 Å². The highest BCUT2D eigenvalue weighted by Crippen LogP contribution is 2.25. The van der Waals surface area contributed by atoms with Gasteiger partial charge in [-0.2, -0.15) is 0 Å². The van der Waals surface area contributed by atoms with Crippen LogP contribution in [-0.2, 0) is 9.59 Å². The van der Waals surface area contributed by atoms with Crippen LogP contribution >= 0.6 is 0 Å². The van der Waals surface area contributed by atoms with Gasteiger partial charge in [0.2, 0.25) is 0 Å². The summed E-state index contributed by atoms with van der Waals surface area (Å²) in [5, 5.41) is 11.8. The fraction of sp³-hybridized carbons (Fsp3) is 0.529. The zero-order valence-corrected chi connectivity index (χ0v) is 13.9. The molecule has 0 saturated heterocycles. The zero-order valence-electron chi connectivity index (χ0n) is 13.9. The van der Waals surface area contributed by atoms with Crippen molar-refractivity contribution in [3.8, 4) is 5.75 Å². The first-order valence-corrected chi connectivity index (χ1v) is 8.07. The number of ether oxygens (including phenoxy) is 1. The number of nitrogens with one attached hydrogen (secondary N) is 1. The number of hydrogen-bond acceptors (Lipinski definition) is 4. The van der Waals surface area contributed by atoms with E-state index in [4.69, 9.17) is 9.84 Å². The second-order valence-electron chi connectivity index (χ2n) is 6.00. The average Bonchev–Trinajstić information content (AvgIpc) is 2.50. The van der Waals surface area contributed by atoms with Crippen molar-refractivity contribution in [2.24, 2.45) is 0 Å². The van der Waals surface area contributed by atoms with Gasteiger partial charge < -0.3 is 15.2 Å². The van der Waals surface area contributed by atoms with Gasteiger partial charge in [-0.25, -0.2) is 4.39 Å². The quantitative estimate of drug-likeness (QED) is 0.753. The molecule has 1 atom stereocenters. The number of halogens is 1. The number of hydrogen-bond donors (Lipinski definition) is 2. The van der Waals surface area contributed by atoms with Gasteiger partial charge in [0.05, 0.1) is 6.54 Å². The third-order valence-corrected chi connectivity index (χ3v) is 4.22. The van der Waals surface area contributed by atoms with Crippen LogP contribution in [-0.4, -0.2) is 53.2 Å². The molecule has 0 aliphatic heterocycles. The fourth-order valence-corrected chi connectivity index (χ4v) is 2.77. The number of carboxylic acids is 1. The van der Waals surface area contributed by atoms with E-state index in [9.17, 15) is 14.0 Å². The summed E-state index contributed by atoms with van der Waals surface area (Å²) in [6.07, 6.45) is 0.780. The van der Waals surface area contributed by atoms with E-state index < -0.39 is 12.1 Å². The van der Waals surface area contributed by atoms with E-state index in [-0.39, 0.29) is 30.4 Å². The minimum atomic E-state index is -0.842. The molecular formula is C17H23FN2O4. The third-order valence-electron chi connectivity index (χ3n) is 4.22. The maximum atomic E-state index is 12.8. The fourth-order valence-electron chi connectivity index (χ4n) is 2.77. The molecule has 7 heteroatoms. The van der Waals surface area contributed by atoms with Crippen LogP contribution in [0.25, 0.3) is 0 Å². The van der Waals surface area contributed by atoms with Gasteiger partial charge in [-0.1, -0.05) is 6.92 Å². The lowest BCUT2D eigenvalue weighted by Crippen LogP contribution is -2.56. The Balaban J connectivity index is 1.75. The molecule has 0 heterocycles. The molecule has 1 aromatic rings. The number of likely N-dealkylation sites (N-methyl/N-ethyl adjacent to an activating group) is 1. The highest BCUT2D eigenvalue weighted by molar-refractivity contribution is 5.81. The minimum Gasteiger partial charge on any atom is -0.481 e. The predicted octanol–water partition coefficient (Wildman–Crippen LogP) is 1.65. The second-order valence-corrected chi connectivity index (χ2v) is 6.00. The first-order chi connectivity index (χ1) is 11.4. The highest BCUT2D eigenvalue weighted by Gasteiger charge is 2.35. The number of nitrogens with zero attached hydrogens (tertiary/aromatic N) is 1. The Morgan fingerprint density at radius 2 is 2.00 bits per heavy atom. The van der Waals surface area contributed by atoms with Crippen LogP contribution in [0.2, 0.25) is 0 Å². The second kappa shape index (κ2) is 8.10. The van der Waals surface area contributed by atoms with E-state index in [0.29, 0.717) is 12.3 Å². The smallest absolute Gasteiger partial charge is 0.317 e. The molecule has 0 radical (unpaired) electrons. The van der Waals surface area contributed by atoms with Crippen molar-refractivity contribution in [3.05, 3.63) is 30.1 Å². The van der Waals surface area contributed by atoms with Crippen molar-refractivity contribution in [2.75, 3.05) is 13.1 Å². The van der Waals surface area contributed by atoms with Crippen LogP contribution in [0.4, 0.5) is 4.39 Å².